The molecule has 3 N–H and O–H groups in total. The van der Waals surface area contributed by atoms with Crippen molar-refractivity contribution in [1.29, 1.82) is 0 Å². The minimum atomic E-state index is -4.33. The van der Waals surface area contributed by atoms with Gasteiger partial charge in [-0.1, -0.05) is 0 Å². The second kappa shape index (κ2) is 4.18. The number of Topliss-reactive ketones (excluding diaryl/α,β-unsaturated/α-hetero) is 1. The molecule has 0 aliphatic carbocycles. The summed E-state index contributed by atoms with van der Waals surface area (Å²) in [5.74, 6) is -0.807. The lowest BCUT2D eigenvalue weighted by Gasteiger charge is -2.04. The van der Waals surface area contributed by atoms with Crippen molar-refractivity contribution in [2.45, 2.75) is 4.90 Å². The van der Waals surface area contributed by atoms with E-state index in [0.717, 1.165) is 12.1 Å². The van der Waals surface area contributed by atoms with E-state index in [9.17, 15) is 13.2 Å². The van der Waals surface area contributed by atoms with Gasteiger partial charge < -0.3 is 5.73 Å². The average Bonchev–Trinajstić information content (AvgIpc) is 2.15. The molecule has 0 bridgehead atoms. The SMILES string of the molecule is Nc1ccc(S(=O)(=O)O)cc1C(=O)CCl. The van der Waals surface area contributed by atoms with Crippen LogP contribution >= 0.6 is 11.6 Å². The van der Waals surface area contributed by atoms with Crippen LogP contribution in [0.5, 0.6) is 0 Å². The first-order chi connectivity index (χ1) is 6.86. The Labute approximate surface area is 91.6 Å². The summed E-state index contributed by atoms with van der Waals surface area (Å²) in [7, 11) is -4.33. The van der Waals surface area contributed by atoms with Gasteiger partial charge in [-0.2, -0.15) is 8.42 Å². The van der Waals surface area contributed by atoms with Crippen LogP contribution in [-0.4, -0.2) is 24.6 Å². The number of anilines is 1. The van der Waals surface area contributed by atoms with Gasteiger partial charge >= 0.3 is 0 Å². The summed E-state index contributed by atoms with van der Waals surface area (Å²) in [6.07, 6.45) is 0. The third-order valence-corrected chi connectivity index (χ3v) is 2.84. The van der Waals surface area contributed by atoms with Gasteiger partial charge in [-0.25, -0.2) is 0 Å². The summed E-state index contributed by atoms with van der Waals surface area (Å²) in [6, 6.07) is 3.33. The van der Waals surface area contributed by atoms with Crippen LogP contribution in [0.25, 0.3) is 0 Å². The summed E-state index contributed by atoms with van der Waals surface area (Å²) < 4.78 is 30.3. The average molecular weight is 250 g/mol. The van der Waals surface area contributed by atoms with Gasteiger partial charge in [0.2, 0.25) is 0 Å². The number of nitrogens with two attached hydrogens (primary N) is 1. The molecular weight excluding hydrogens is 242 g/mol. The van der Waals surface area contributed by atoms with Crippen LogP contribution in [0.4, 0.5) is 5.69 Å². The third kappa shape index (κ3) is 2.68. The number of nitrogen functional groups attached to an aromatic ring is 1. The molecule has 0 heterocycles. The predicted molar refractivity (Wildman–Crippen MR) is 55.7 cm³/mol. The van der Waals surface area contributed by atoms with Crippen LogP contribution in [0.1, 0.15) is 10.4 Å². The number of ketones is 1. The molecule has 0 amide bonds. The zero-order chi connectivity index (χ0) is 11.6. The predicted octanol–water partition coefficient (Wildman–Crippen LogP) is 0.937. The molecule has 82 valence electrons. The Morgan fingerprint density at radius 2 is 2.07 bits per heavy atom. The van der Waals surface area contributed by atoms with Crippen LogP contribution in [0, 0.1) is 0 Å². The van der Waals surface area contributed by atoms with Crippen molar-refractivity contribution in [3.63, 3.8) is 0 Å². The van der Waals surface area contributed by atoms with Crippen molar-refractivity contribution in [3.8, 4) is 0 Å². The summed E-state index contributed by atoms with van der Waals surface area (Å²) in [4.78, 5) is 10.8. The lowest BCUT2D eigenvalue weighted by atomic mass is 10.1. The molecular formula is C8H8ClNO4S. The first-order valence-electron chi connectivity index (χ1n) is 3.82. The maximum Gasteiger partial charge on any atom is 0.294 e. The van der Waals surface area contributed by atoms with E-state index in [0.29, 0.717) is 0 Å². The minimum absolute atomic E-state index is 0.0138. The number of halogens is 1. The van der Waals surface area contributed by atoms with Gasteiger partial charge in [-0.3, -0.25) is 9.35 Å². The summed E-state index contributed by atoms with van der Waals surface area (Å²) in [6.45, 7) is 0. The lowest BCUT2D eigenvalue weighted by Crippen LogP contribution is -2.07. The van der Waals surface area contributed by atoms with Crippen LogP contribution in [0.2, 0.25) is 0 Å². The van der Waals surface area contributed by atoms with Gasteiger partial charge in [0.05, 0.1) is 10.8 Å². The number of hydrogen-bond donors (Lipinski definition) is 2. The molecule has 0 aliphatic rings. The zero-order valence-electron chi connectivity index (χ0n) is 7.47. The molecule has 0 spiro atoms. The van der Waals surface area contributed by atoms with Crippen LogP contribution in [0.15, 0.2) is 23.1 Å². The Bertz CT molecular complexity index is 497. The maximum atomic E-state index is 11.2. The fourth-order valence-corrected chi connectivity index (χ4v) is 1.66. The number of hydrogen-bond acceptors (Lipinski definition) is 4. The van der Waals surface area contributed by atoms with Crippen molar-refractivity contribution in [2.75, 3.05) is 11.6 Å². The van der Waals surface area contributed by atoms with Crippen molar-refractivity contribution in [2.24, 2.45) is 0 Å². The molecule has 1 aromatic carbocycles. The molecule has 0 aromatic heterocycles. The highest BCUT2D eigenvalue weighted by Crippen LogP contribution is 2.18. The van der Waals surface area contributed by atoms with Crippen molar-refractivity contribution < 1.29 is 17.8 Å². The smallest absolute Gasteiger partial charge is 0.294 e. The lowest BCUT2D eigenvalue weighted by molar-refractivity contribution is 0.102. The largest absolute Gasteiger partial charge is 0.398 e. The standard InChI is InChI=1S/C8H8ClNO4S/c9-4-8(11)6-3-5(15(12,13)14)1-2-7(6)10/h1-3H,4,10H2,(H,12,13,14). The Balaban J connectivity index is 3.36. The molecule has 0 unspecified atom stereocenters. The Morgan fingerprint density at radius 3 is 2.53 bits per heavy atom. The second-order valence-electron chi connectivity index (χ2n) is 2.78. The Morgan fingerprint density at radius 1 is 1.47 bits per heavy atom. The van der Waals surface area contributed by atoms with Gasteiger partial charge in [0, 0.05) is 11.3 Å². The molecule has 0 atom stereocenters. The topological polar surface area (TPSA) is 97.5 Å². The van der Waals surface area contributed by atoms with E-state index < -0.39 is 15.9 Å². The monoisotopic (exact) mass is 249 g/mol. The number of rotatable bonds is 3. The van der Waals surface area contributed by atoms with E-state index in [1.807, 2.05) is 0 Å². The Kier molecular flexibility index (Phi) is 3.33. The normalized spacial score (nSPS) is 11.3. The number of carbonyl (C=O) groups is 1. The van der Waals surface area contributed by atoms with Gasteiger partial charge in [-0.15, -0.1) is 11.6 Å². The maximum absolute atomic E-state index is 11.2. The Hall–Kier alpha value is -1.11. The summed E-state index contributed by atoms with van der Waals surface area (Å²) >= 11 is 5.31. The van der Waals surface area contributed by atoms with E-state index in [-0.39, 0.29) is 22.0 Å². The number of benzene rings is 1. The second-order valence-corrected chi connectivity index (χ2v) is 4.47. The quantitative estimate of drug-likeness (QED) is 0.360. The van der Waals surface area contributed by atoms with E-state index >= 15 is 0 Å². The summed E-state index contributed by atoms with van der Waals surface area (Å²) in [5, 5.41) is 0. The van der Waals surface area contributed by atoms with E-state index in [1.165, 1.54) is 6.07 Å². The fraction of sp³-hybridized carbons (Fsp3) is 0.125. The van der Waals surface area contributed by atoms with Gasteiger partial charge in [0.15, 0.2) is 5.78 Å². The van der Waals surface area contributed by atoms with Crippen LogP contribution in [0.3, 0.4) is 0 Å². The molecule has 1 rings (SSSR count). The molecule has 0 fully saturated rings. The van der Waals surface area contributed by atoms with E-state index in [1.54, 1.807) is 0 Å². The molecule has 0 aliphatic heterocycles. The van der Waals surface area contributed by atoms with Gasteiger partial charge in [-0.05, 0) is 18.2 Å². The molecule has 7 heteroatoms. The molecule has 15 heavy (non-hydrogen) atoms. The van der Waals surface area contributed by atoms with Crippen molar-refractivity contribution in [1.82, 2.24) is 0 Å². The van der Waals surface area contributed by atoms with Crippen molar-refractivity contribution >= 4 is 33.2 Å². The highest BCUT2D eigenvalue weighted by Gasteiger charge is 2.15. The van der Waals surface area contributed by atoms with E-state index in [2.05, 4.69) is 0 Å². The van der Waals surface area contributed by atoms with Crippen molar-refractivity contribution in [3.05, 3.63) is 23.8 Å². The van der Waals surface area contributed by atoms with Crippen LogP contribution < -0.4 is 5.73 Å². The van der Waals surface area contributed by atoms with Crippen LogP contribution in [-0.2, 0) is 10.1 Å². The zero-order valence-corrected chi connectivity index (χ0v) is 9.05. The first-order valence-corrected chi connectivity index (χ1v) is 5.80. The third-order valence-electron chi connectivity index (χ3n) is 1.74. The van der Waals surface area contributed by atoms with Gasteiger partial charge in [0.25, 0.3) is 10.1 Å². The molecule has 0 radical (unpaired) electrons. The van der Waals surface area contributed by atoms with E-state index in [4.69, 9.17) is 21.9 Å². The molecule has 1 aromatic rings. The van der Waals surface area contributed by atoms with Gasteiger partial charge in [0.1, 0.15) is 0 Å². The highest BCUT2D eigenvalue weighted by atomic mass is 35.5. The first kappa shape index (κ1) is 12.0. The fourth-order valence-electron chi connectivity index (χ4n) is 1.01. The summed E-state index contributed by atoms with van der Waals surface area (Å²) in [5.41, 5.74) is 5.56. The highest BCUT2D eigenvalue weighted by molar-refractivity contribution is 7.85. The molecule has 5 nitrogen and oxygen atoms in total. The molecule has 0 saturated carbocycles. The number of alkyl halides is 1. The molecule has 0 saturated heterocycles. The number of carbonyl (C=O) groups excluding carboxylic acids is 1. The minimum Gasteiger partial charge on any atom is -0.398 e.